The van der Waals surface area contributed by atoms with E-state index in [-0.39, 0.29) is 22.2 Å². The van der Waals surface area contributed by atoms with Crippen molar-refractivity contribution in [3.05, 3.63) is 371 Å². The highest BCUT2D eigenvalue weighted by Crippen LogP contribution is 2.60. The van der Waals surface area contributed by atoms with Gasteiger partial charge >= 0.3 is 0 Å². The first-order valence-electron chi connectivity index (χ1n) is 32.5. The fourth-order valence-electron chi connectivity index (χ4n) is 14.6. The topological polar surface area (TPSA) is 24.9 Å². The molecular formula is C88H72F4N2O2. The van der Waals surface area contributed by atoms with Crippen molar-refractivity contribution < 1.29 is 27.0 Å². The van der Waals surface area contributed by atoms with Gasteiger partial charge in [0.15, 0.2) is 0 Å². The molecule has 0 N–H and O–H groups in total. The molecule has 4 nitrogen and oxygen atoms in total. The molecular weight excluding hydrogens is 1190 g/mol. The van der Waals surface area contributed by atoms with E-state index in [1.165, 1.54) is 47.5 Å². The van der Waals surface area contributed by atoms with Crippen LogP contribution in [0.1, 0.15) is 97.2 Å². The summed E-state index contributed by atoms with van der Waals surface area (Å²) < 4.78 is 78.8. The van der Waals surface area contributed by atoms with Crippen LogP contribution in [0, 0.1) is 23.3 Å². The summed E-state index contributed by atoms with van der Waals surface area (Å²) in [7, 11) is 0. The van der Waals surface area contributed by atoms with E-state index in [0.717, 1.165) is 77.9 Å². The summed E-state index contributed by atoms with van der Waals surface area (Å²) in [5.74, 6) is -1.52. The molecule has 2 aliphatic carbocycles. The summed E-state index contributed by atoms with van der Waals surface area (Å²) in [5.41, 5.74) is 15.9. The average Bonchev–Trinajstić information content (AvgIpc) is 1.54. The minimum Gasteiger partial charge on any atom is -0.490 e. The lowest BCUT2D eigenvalue weighted by Gasteiger charge is -2.35. The van der Waals surface area contributed by atoms with Crippen LogP contribution in [0.3, 0.4) is 0 Å². The molecule has 0 radical (unpaired) electrons. The first-order chi connectivity index (χ1) is 46.4. The van der Waals surface area contributed by atoms with Gasteiger partial charge in [-0.3, -0.25) is 0 Å². The molecule has 0 aromatic heterocycles. The predicted octanol–water partition coefficient (Wildman–Crippen LogP) is 23.3. The lowest BCUT2D eigenvalue weighted by Crippen LogP contribution is -2.29. The van der Waals surface area contributed by atoms with E-state index in [4.69, 9.17) is 9.47 Å². The second-order valence-corrected chi connectivity index (χ2v) is 26.9. The minimum absolute atomic E-state index is 0.103. The van der Waals surface area contributed by atoms with Crippen LogP contribution in [0.5, 0.6) is 11.5 Å². The van der Waals surface area contributed by atoms with Gasteiger partial charge in [0.2, 0.25) is 0 Å². The molecule has 2 aliphatic rings. The summed E-state index contributed by atoms with van der Waals surface area (Å²) >= 11 is 0. The van der Waals surface area contributed by atoms with Gasteiger partial charge in [0.25, 0.3) is 0 Å². The Morgan fingerprint density at radius 2 is 0.635 bits per heavy atom. The number of fused-ring (bicyclic) bond motifs is 6. The summed E-state index contributed by atoms with van der Waals surface area (Å²) in [6.45, 7) is 21.6. The highest BCUT2D eigenvalue weighted by Gasteiger charge is 2.49. The molecule has 12 aromatic rings. The van der Waals surface area contributed by atoms with E-state index in [9.17, 15) is 0 Å². The Morgan fingerprint density at radius 3 is 0.958 bits per heavy atom. The van der Waals surface area contributed by atoms with Crippen molar-refractivity contribution in [3.8, 4) is 44.9 Å². The van der Waals surface area contributed by atoms with Crippen molar-refractivity contribution in [2.75, 3.05) is 23.0 Å². The molecule has 2 atom stereocenters. The van der Waals surface area contributed by atoms with Gasteiger partial charge in [0.05, 0.1) is 10.8 Å². The third kappa shape index (κ3) is 10.7. The van der Waals surface area contributed by atoms with Crippen LogP contribution in [0.4, 0.5) is 51.7 Å². The molecule has 12 aromatic carbocycles. The van der Waals surface area contributed by atoms with Gasteiger partial charge in [-0.1, -0.05) is 237 Å². The standard InChI is InChI=1S/C88H72F4N2O2/c1-9-53-95-69-47-37-63(38-48-69)87(61-33-29-59(30-34-61)85(3,4)5)75-19-13-11-17-71(75)73-51-45-67(55-77(73)87)93(83-79(89)21-15-22-80(83)90)65-41-25-57(26-42-65)58-27-43-66(44-28-58)94(84-81(91)23-16-24-82(84)92)68-46-52-74-72-18-12-14-20-76(72)88(78(74)56-68,62-35-31-60(32-36-62)86(6,7)8)64-39-49-70(50-40-64)96-54-10-2/h9-52,55-56H,1-2,53-54H2,3-8H3. The van der Waals surface area contributed by atoms with Crippen LogP contribution in [0.2, 0.25) is 0 Å². The quantitative estimate of drug-likeness (QED) is 0.0670. The highest BCUT2D eigenvalue weighted by atomic mass is 19.1. The first-order valence-corrected chi connectivity index (χ1v) is 32.5. The molecule has 474 valence electrons. The molecule has 0 heterocycles. The number of ether oxygens (including phenoxy) is 2. The van der Waals surface area contributed by atoms with Crippen LogP contribution in [-0.2, 0) is 21.7 Å². The summed E-state index contributed by atoms with van der Waals surface area (Å²) in [6, 6.07) is 86.1. The minimum atomic E-state index is -0.872. The highest BCUT2D eigenvalue weighted by molar-refractivity contribution is 5.92. The molecule has 2 unspecified atom stereocenters. The van der Waals surface area contributed by atoms with Crippen molar-refractivity contribution in [2.24, 2.45) is 0 Å². The molecule has 0 aliphatic heterocycles. The molecule has 14 rings (SSSR count). The maximum atomic E-state index is 16.7. The number of benzene rings is 12. The van der Waals surface area contributed by atoms with Gasteiger partial charge in [-0.05, 0) is 197 Å². The molecule has 0 spiro atoms. The van der Waals surface area contributed by atoms with Gasteiger partial charge in [-0.25, -0.2) is 17.6 Å². The Hall–Kier alpha value is -11.0. The van der Waals surface area contributed by atoms with Crippen LogP contribution < -0.4 is 19.3 Å². The second kappa shape index (κ2) is 24.7. The van der Waals surface area contributed by atoms with Gasteiger partial charge in [-0.2, -0.15) is 0 Å². The Bertz CT molecular complexity index is 4560. The maximum absolute atomic E-state index is 16.7. The van der Waals surface area contributed by atoms with E-state index in [2.05, 4.69) is 188 Å². The Kier molecular flexibility index (Phi) is 16.1. The van der Waals surface area contributed by atoms with Gasteiger partial charge in [-0.15, -0.1) is 0 Å². The molecule has 0 saturated heterocycles. The number of rotatable bonds is 17. The number of halogens is 4. The van der Waals surface area contributed by atoms with Crippen molar-refractivity contribution in [2.45, 2.75) is 63.2 Å². The van der Waals surface area contributed by atoms with Crippen LogP contribution in [0.15, 0.2) is 292 Å². The zero-order valence-electron chi connectivity index (χ0n) is 54.6. The normalized spacial score (nSPS) is 15.2. The predicted molar refractivity (Wildman–Crippen MR) is 384 cm³/mol. The summed E-state index contributed by atoms with van der Waals surface area (Å²) in [4.78, 5) is 3.31. The van der Waals surface area contributed by atoms with E-state index < -0.39 is 34.1 Å². The van der Waals surface area contributed by atoms with E-state index >= 15 is 17.6 Å². The molecule has 0 saturated carbocycles. The van der Waals surface area contributed by atoms with E-state index in [0.29, 0.717) is 47.5 Å². The first kappa shape index (κ1) is 62.5. The number of nitrogens with zero attached hydrogens (tertiary/aromatic N) is 2. The van der Waals surface area contributed by atoms with E-state index in [1.54, 1.807) is 22.0 Å². The van der Waals surface area contributed by atoms with Crippen molar-refractivity contribution in [1.29, 1.82) is 0 Å². The fourth-order valence-corrected chi connectivity index (χ4v) is 14.6. The molecule has 8 heteroatoms. The van der Waals surface area contributed by atoms with Crippen molar-refractivity contribution in [1.82, 2.24) is 0 Å². The third-order valence-corrected chi connectivity index (χ3v) is 19.2. The number of hydrogen-bond donors (Lipinski definition) is 0. The summed E-state index contributed by atoms with van der Waals surface area (Å²) in [5, 5.41) is 0. The SMILES string of the molecule is C=CCOc1ccc(C2(c3ccc(C(C)(C)C)cc3)c3ccccc3-c3ccc(N(c4ccc(-c5ccc(N(c6ccc7c(c6)C(c6ccc(OCC=C)cc6)(c6ccc(C(C)(C)C)cc6)c6ccccc6-7)c6c(F)cccc6F)cc5)cc4)c4c(F)cccc4F)cc32)cc1. The Labute approximate surface area is 560 Å². The van der Waals surface area contributed by atoms with Gasteiger partial charge in [0.1, 0.15) is 59.4 Å². The molecule has 96 heavy (non-hydrogen) atoms. The lowest BCUT2D eigenvalue weighted by atomic mass is 9.67. The number of hydrogen-bond acceptors (Lipinski definition) is 4. The zero-order valence-corrected chi connectivity index (χ0v) is 54.6. The van der Waals surface area contributed by atoms with Crippen molar-refractivity contribution >= 4 is 34.1 Å². The molecule has 0 bridgehead atoms. The Balaban J connectivity index is 0.875. The lowest BCUT2D eigenvalue weighted by molar-refractivity contribution is 0.363. The zero-order chi connectivity index (χ0) is 66.7. The fraction of sp³-hybridized carbons (Fsp3) is 0.136. The second-order valence-electron chi connectivity index (χ2n) is 26.9. The molecule has 0 amide bonds. The monoisotopic (exact) mass is 1260 g/mol. The maximum Gasteiger partial charge on any atom is 0.150 e. The largest absolute Gasteiger partial charge is 0.490 e. The van der Waals surface area contributed by atoms with E-state index in [1.807, 2.05) is 97.1 Å². The van der Waals surface area contributed by atoms with Crippen LogP contribution in [-0.4, -0.2) is 13.2 Å². The van der Waals surface area contributed by atoms with Crippen molar-refractivity contribution in [3.63, 3.8) is 0 Å². The smallest absolute Gasteiger partial charge is 0.150 e. The molecule has 0 fully saturated rings. The number of para-hydroxylation sites is 2. The van der Waals surface area contributed by atoms with Crippen LogP contribution >= 0.6 is 0 Å². The van der Waals surface area contributed by atoms with Gasteiger partial charge in [0, 0.05) is 22.7 Å². The Morgan fingerprint density at radius 1 is 0.333 bits per heavy atom. The number of anilines is 6. The third-order valence-electron chi connectivity index (χ3n) is 19.2. The van der Waals surface area contributed by atoms with Crippen LogP contribution in [0.25, 0.3) is 33.4 Å². The van der Waals surface area contributed by atoms with Gasteiger partial charge < -0.3 is 19.3 Å². The average molecular weight is 1270 g/mol. The summed E-state index contributed by atoms with van der Waals surface area (Å²) in [6.07, 6.45) is 3.44.